The molecule has 22 heavy (non-hydrogen) atoms. The summed E-state index contributed by atoms with van der Waals surface area (Å²) in [6, 6.07) is 9.50. The molecule has 1 N–H and O–H groups in total. The third-order valence-corrected chi connectivity index (χ3v) is 4.60. The van der Waals surface area contributed by atoms with Crippen molar-refractivity contribution >= 4 is 28.2 Å². The van der Waals surface area contributed by atoms with Crippen LogP contribution in [-0.4, -0.2) is 29.9 Å². The van der Waals surface area contributed by atoms with Crippen molar-refractivity contribution in [3.63, 3.8) is 0 Å². The van der Waals surface area contributed by atoms with E-state index in [1.807, 2.05) is 30.3 Å². The fourth-order valence-corrected chi connectivity index (χ4v) is 3.24. The third kappa shape index (κ3) is 3.08. The molecule has 0 aliphatic carbocycles. The van der Waals surface area contributed by atoms with Gasteiger partial charge in [-0.3, -0.25) is 9.59 Å². The second-order valence-electron chi connectivity index (χ2n) is 5.17. The third-order valence-electron chi connectivity index (χ3n) is 3.52. The summed E-state index contributed by atoms with van der Waals surface area (Å²) in [4.78, 5) is 29.0. The molecule has 2 aromatic rings. The zero-order valence-electron chi connectivity index (χ0n) is 12.2. The second-order valence-corrected chi connectivity index (χ2v) is 6.17. The average molecular weight is 316 g/mol. The van der Waals surface area contributed by atoms with Gasteiger partial charge in [-0.2, -0.15) is 0 Å². The maximum Gasteiger partial charge on any atom is 0.231 e. The highest BCUT2D eigenvalue weighted by molar-refractivity contribution is 7.18. The molecule has 1 unspecified atom stereocenters. The monoisotopic (exact) mass is 316 g/mol. The van der Waals surface area contributed by atoms with Gasteiger partial charge < -0.3 is 10.1 Å². The number of hydrogen-bond acceptors (Lipinski definition) is 5. The Hall–Kier alpha value is -2.05. The Bertz CT molecular complexity index is 691. The maximum absolute atomic E-state index is 12.1. The molecule has 3 rings (SSSR count). The van der Waals surface area contributed by atoms with Gasteiger partial charge in [0.05, 0.1) is 23.1 Å². The average Bonchev–Trinajstić information content (AvgIpc) is 3.17. The van der Waals surface area contributed by atoms with Gasteiger partial charge in [0.15, 0.2) is 10.9 Å². The standard InChI is InChI=1S/C16H16N2O3S/c1-10(19)14-13(11-5-3-2-4-6-11)17-16(22-14)18-15(20)12-7-8-21-9-12/h2-6,12H,7-9H2,1H3,(H,17,18,20). The predicted molar refractivity (Wildman–Crippen MR) is 85.1 cm³/mol. The second kappa shape index (κ2) is 6.37. The fraction of sp³-hybridized carbons (Fsp3) is 0.312. The van der Waals surface area contributed by atoms with E-state index in [-0.39, 0.29) is 17.6 Å². The largest absolute Gasteiger partial charge is 0.381 e. The molecule has 114 valence electrons. The van der Waals surface area contributed by atoms with Crippen molar-refractivity contribution in [2.24, 2.45) is 5.92 Å². The maximum atomic E-state index is 12.1. The van der Waals surface area contributed by atoms with Crippen molar-refractivity contribution in [1.82, 2.24) is 4.98 Å². The first kappa shape index (κ1) is 14.9. The number of carbonyl (C=O) groups excluding carboxylic acids is 2. The summed E-state index contributed by atoms with van der Waals surface area (Å²) in [6.07, 6.45) is 0.725. The van der Waals surface area contributed by atoms with Crippen LogP contribution < -0.4 is 5.32 Å². The summed E-state index contributed by atoms with van der Waals surface area (Å²) in [6.45, 7) is 2.57. The minimum Gasteiger partial charge on any atom is -0.381 e. The Kier molecular flexibility index (Phi) is 4.31. The van der Waals surface area contributed by atoms with Crippen LogP contribution in [0.25, 0.3) is 11.3 Å². The summed E-state index contributed by atoms with van der Waals surface area (Å²) in [5.74, 6) is -0.285. The van der Waals surface area contributed by atoms with E-state index in [1.54, 1.807) is 0 Å². The van der Waals surface area contributed by atoms with Gasteiger partial charge >= 0.3 is 0 Å². The van der Waals surface area contributed by atoms with Crippen molar-refractivity contribution in [1.29, 1.82) is 0 Å². The molecular weight excluding hydrogens is 300 g/mol. The van der Waals surface area contributed by atoms with E-state index in [1.165, 1.54) is 18.3 Å². The lowest BCUT2D eigenvalue weighted by Crippen LogP contribution is -2.22. The number of rotatable bonds is 4. The first-order valence-corrected chi connectivity index (χ1v) is 7.92. The molecule has 5 nitrogen and oxygen atoms in total. The Morgan fingerprint density at radius 3 is 2.73 bits per heavy atom. The summed E-state index contributed by atoms with van der Waals surface area (Å²) in [5, 5.41) is 3.26. The number of nitrogens with one attached hydrogen (secondary N) is 1. The minimum absolute atomic E-state index is 0.0546. The van der Waals surface area contributed by atoms with E-state index in [4.69, 9.17) is 4.74 Å². The van der Waals surface area contributed by atoms with Crippen LogP contribution in [0.2, 0.25) is 0 Å². The first-order valence-electron chi connectivity index (χ1n) is 7.11. The molecule has 0 spiro atoms. The van der Waals surface area contributed by atoms with E-state index in [0.29, 0.717) is 28.9 Å². The molecular formula is C16H16N2O3S. The normalized spacial score (nSPS) is 17.4. The molecule has 1 fully saturated rings. The number of Topliss-reactive ketones (excluding diaryl/α,β-unsaturated/α-hetero) is 1. The predicted octanol–water partition coefficient (Wildman–Crippen LogP) is 2.99. The molecule has 1 atom stereocenters. The van der Waals surface area contributed by atoms with E-state index in [9.17, 15) is 9.59 Å². The van der Waals surface area contributed by atoms with Crippen molar-refractivity contribution in [2.45, 2.75) is 13.3 Å². The number of ketones is 1. The number of carbonyl (C=O) groups is 2. The molecule has 0 bridgehead atoms. The van der Waals surface area contributed by atoms with Gasteiger partial charge in [0.1, 0.15) is 0 Å². The lowest BCUT2D eigenvalue weighted by molar-refractivity contribution is -0.119. The van der Waals surface area contributed by atoms with Gasteiger partial charge in [-0.15, -0.1) is 0 Å². The molecule has 1 aliphatic heterocycles. The van der Waals surface area contributed by atoms with Crippen LogP contribution in [-0.2, 0) is 9.53 Å². The van der Waals surface area contributed by atoms with Gasteiger partial charge in [-0.05, 0) is 6.42 Å². The van der Waals surface area contributed by atoms with Gasteiger partial charge in [0.25, 0.3) is 0 Å². The summed E-state index contributed by atoms with van der Waals surface area (Å²) in [5.41, 5.74) is 1.49. The van der Waals surface area contributed by atoms with Crippen molar-refractivity contribution in [3.05, 3.63) is 35.2 Å². The molecule has 1 aliphatic rings. The number of thiazole rings is 1. The van der Waals surface area contributed by atoms with Crippen LogP contribution >= 0.6 is 11.3 Å². The Labute approximate surface area is 132 Å². The molecule has 1 aromatic heterocycles. The number of nitrogens with zero attached hydrogens (tertiary/aromatic N) is 1. The van der Waals surface area contributed by atoms with Crippen molar-refractivity contribution < 1.29 is 14.3 Å². The van der Waals surface area contributed by atoms with Crippen LogP contribution in [0.15, 0.2) is 30.3 Å². The van der Waals surface area contributed by atoms with E-state index in [0.717, 1.165) is 12.0 Å². The number of anilines is 1. The quantitative estimate of drug-likeness (QED) is 0.881. The van der Waals surface area contributed by atoms with Crippen molar-refractivity contribution in [2.75, 3.05) is 18.5 Å². The molecule has 1 aromatic carbocycles. The fourth-order valence-electron chi connectivity index (χ4n) is 2.35. The Balaban J connectivity index is 1.87. The number of hydrogen-bond donors (Lipinski definition) is 1. The number of amides is 1. The highest BCUT2D eigenvalue weighted by atomic mass is 32.1. The Morgan fingerprint density at radius 1 is 1.32 bits per heavy atom. The summed E-state index contributed by atoms with van der Waals surface area (Å²) < 4.78 is 5.22. The topological polar surface area (TPSA) is 68.3 Å². The lowest BCUT2D eigenvalue weighted by Gasteiger charge is -2.05. The van der Waals surface area contributed by atoms with Crippen LogP contribution in [0.1, 0.15) is 23.0 Å². The smallest absolute Gasteiger partial charge is 0.231 e. The number of aromatic nitrogens is 1. The SMILES string of the molecule is CC(=O)c1sc(NC(=O)C2CCOC2)nc1-c1ccccc1. The van der Waals surface area contributed by atoms with Gasteiger partial charge in [0, 0.05) is 19.1 Å². The van der Waals surface area contributed by atoms with Gasteiger partial charge in [-0.25, -0.2) is 4.98 Å². The van der Waals surface area contributed by atoms with E-state index < -0.39 is 0 Å². The molecule has 0 saturated carbocycles. The lowest BCUT2D eigenvalue weighted by atomic mass is 10.1. The highest BCUT2D eigenvalue weighted by Gasteiger charge is 2.25. The zero-order chi connectivity index (χ0) is 15.5. The summed E-state index contributed by atoms with van der Waals surface area (Å²) >= 11 is 1.22. The minimum atomic E-state index is -0.134. The van der Waals surface area contributed by atoms with E-state index in [2.05, 4.69) is 10.3 Å². The van der Waals surface area contributed by atoms with Crippen LogP contribution in [0.5, 0.6) is 0 Å². The van der Waals surface area contributed by atoms with Crippen LogP contribution in [0.3, 0.4) is 0 Å². The molecule has 0 radical (unpaired) electrons. The van der Waals surface area contributed by atoms with Gasteiger partial charge in [-0.1, -0.05) is 41.7 Å². The number of benzene rings is 1. The molecule has 6 heteroatoms. The van der Waals surface area contributed by atoms with Gasteiger partial charge in [0.2, 0.25) is 5.91 Å². The van der Waals surface area contributed by atoms with E-state index >= 15 is 0 Å². The molecule has 1 saturated heterocycles. The zero-order valence-corrected chi connectivity index (χ0v) is 13.0. The molecule has 2 heterocycles. The van der Waals surface area contributed by atoms with Crippen molar-refractivity contribution in [3.8, 4) is 11.3 Å². The highest BCUT2D eigenvalue weighted by Crippen LogP contribution is 2.32. The van der Waals surface area contributed by atoms with Crippen LogP contribution in [0.4, 0.5) is 5.13 Å². The Morgan fingerprint density at radius 2 is 2.09 bits per heavy atom. The summed E-state index contributed by atoms with van der Waals surface area (Å²) in [7, 11) is 0. The number of ether oxygens (including phenoxy) is 1. The van der Waals surface area contributed by atoms with Crippen LogP contribution in [0, 0.1) is 5.92 Å². The molecule has 1 amide bonds. The first-order chi connectivity index (χ1) is 10.6.